The molecule has 0 atom stereocenters. The average Bonchev–Trinajstić information content (AvgIpc) is 2.56. The van der Waals surface area contributed by atoms with Gasteiger partial charge in [0.2, 0.25) is 0 Å². The van der Waals surface area contributed by atoms with Crippen LogP contribution in [0.3, 0.4) is 0 Å². The summed E-state index contributed by atoms with van der Waals surface area (Å²) in [5.74, 6) is -0.988. The fourth-order valence-corrected chi connectivity index (χ4v) is 3.13. The topological polar surface area (TPSA) is 81.7 Å². The van der Waals surface area contributed by atoms with Crippen LogP contribution in [-0.4, -0.2) is 43.4 Å². The van der Waals surface area contributed by atoms with Crippen molar-refractivity contribution in [1.82, 2.24) is 5.32 Å². The molecular formula is C17H22BrNO5S. The van der Waals surface area contributed by atoms with Crippen molar-refractivity contribution >= 4 is 45.5 Å². The molecule has 6 nitrogen and oxygen atoms in total. The van der Waals surface area contributed by atoms with E-state index in [9.17, 15) is 14.4 Å². The summed E-state index contributed by atoms with van der Waals surface area (Å²) in [6.07, 6.45) is 0.730. The summed E-state index contributed by atoms with van der Waals surface area (Å²) >= 11 is 4.75. The van der Waals surface area contributed by atoms with Gasteiger partial charge >= 0.3 is 11.9 Å². The molecular weight excluding hydrogens is 410 g/mol. The van der Waals surface area contributed by atoms with E-state index in [1.807, 2.05) is 25.1 Å². The molecule has 0 saturated heterocycles. The van der Waals surface area contributed by atoms with Gasteiger partial charge in [0.05, 0.1) is 12.4 Å². The maximum absolute atomic E-state index is 11.7. The van der Waals surface area contributed by atoms with Crippen molar-refractivity contribution in [2.24, 2.45) is 0 Å². The lowest BCUT2D eigenvalue weighted by molar-refractivity contribution is -0.145. The van der Waals surface area contributed by atoms with E-state index in [2.05, 4.69) is 21.2 Å². The lowest BCUT2D eigenvalue weighted by atomic mass is 10.2. The monoisotopic (exact) mass is 431 g/mol. The predicted octanol–water partition coefficient (Wildman–Crippen LogP) is 2.85. The Hall–Kier alpha value is -1.54. The molecule has 0 spiro atoms. The van der Waals surface area contributed by atoms with Crippen LogP contribution in [-0.2, 0) is 23.9 Å². The molecule has 0 heterocycles. The van der Waals surface area contributed by atoms with Crippen LogP contribution >= 0.6 is 27.7 Å². The molecule has 0 radical (unpaired) electrons. The second kappa shape index (κ2) is 11.9. The Balaban J connectivity index is 2.16. The van der Waals surface area contributed by atoms with Gasteiger partial charge in [0.1, 0.15) is 0 Å². The second-order valence-corrected chi connectivity index (χ2v) is 7.05. The molecule has 1 aromatic carbocycles. The Kier molecular flexibility index (Phi) is 10.3. The van der Waals surface area contributed by atoms with E-state index in [0.29, 0.717) is 19.6 Å². The van der Waals surface area contributed by atoms with Crippen LogP contribution in [0.2, 0.25) is 0 Å². The number of esters is 2. The zero-order valence-corrected chi connectivity index (χ0v) is 16.7. The summed E-state index contributed by atoms with van der Waals surface area (Å²) in [6, 6.07) is 5.80. The highest BCUT2D eigenvalue weighted by Gasteiger charge is 2.09. The summed E-state index contributed by atoms with van der Waals surface area (Å²) in [5.41, 5.74) is 1.06. The molecule has 138 valence electrons. The predicted molar refractivity (Wildman–Crippen MR) is 99.4 cm³/mol. The van der Waals surface area contributed by atoms with Gasteiger partial charge in [-0.25, -0.2) is 0 Å². The average molecular weight is 432 g/mol. The molecule has 0 aliphatic heterocycles. The molecule has 25 heavy (non-hydrogen) atoms. The number of amides is 1. The van der Waals surface area contributed by atoms with Crippen LogP contribution in [0.25, 0.3) is 0 Å². The number of ether oxygens (including phenoxy) is 2. The van der Waals surface area contributed by atoms with E-state index >= 15 is 0 Å². The molecule has 1 rings (SSSR count). The number of hydrogen-bond donors (Lipinski definition) is 1. The SMILES string of the molecule is CCOC(=O)CCCNC(=O)COC(=O)CSc1ccc(Br)cc1C. The maximum Gasteiger partial charge on any atom is 0.316 e. The van der Waals surface area contributed by atoms with Crippen molar-refractivity contribution in [3.63, 3.8) is 0 Å². The van der Waals surface area contributed by atoms with E-state index in [0.717, 1.165) is 14.9 Å². The first-order chi connectivity index (χ1) is 11.9. The number of aryl methyl sites for hydroxylation is 1. The highest BCUT2D eigenvalue weighted by molar-refractivity contribution is 9.10. The molecule has 0 aliphatic carbocycles. The van der Waals surface area contributed by atoms with E-state index in [1.54, 1.807) is 6.92 Å². The van der Waals surface area contributed by atoms with Crippen molar-refractivity contribution in [2.45, 2.75) is 31.6 Å². The molecule has 0 fully saturated rings. The van der Waals surface area contributed by atoms with Gasteiger partial charge in [-0.15, -0.1) is 11.8 Å². The number of nitrogens with one attached hydrogen (secondary N) is 1. The number of carbonyl (C=O) groups excluding carboxylic acids is 3. The fourth-order valence-electron chi connectivity index (χ4n) is 1.84. The van der Waals surface area contributed by atoms with Crippen LogP contribution in [0, 0.1) is 6.92 Å². The molecule has 0 bridgehead atoms. The van der Waals surface area contributed by atoms with E-state index in [-0.39, 0.29) is 30.7 Å². The van der Waals surface area contributed by atoms with Crippen molar-refractivity contribution in [1.29, 1.82) is 0 Å². The lowest BCUT2D eigenvalue weighted by Crippen LogP contribution is -2.30. The van der Waals surface area contributed by atoms with Gasteiger partial charge in [0.15, 0.2) is 6.61 Å². The first-order valence-corrected chi connectivity index (χ1v) is 9.67. The fraction of sp³-hybridized carbons (Fsp3) is 0.471. The van der Waals surface area contributed by atoms with Gasteiger partial charge in [-0.2, -0.15) is 0 Å². The largest absolute Gasteiger partial charge is 0.466 e. The number of rotatable bonds is 10. The zero-order chi connectivity index (χ0) is 18.7. The lowest BCUT2D eigenvalue weighted by Gasteiger charge is -2.08. The Morgan fingerprint density at radius 1 is 1.20 bits per heavy atom. The third kappa shape index (κ3) is 9.50. The van der Waals surface area contributed by atoms with Crippen molar-refractivity contribution in [2.75, 3.05) is 25.5 Å². The number of halogens is 1. The molecule has 1 aromatic rings. The van der Waals surface area contributed by atoms with E-state index in [1.165, 1.54) is 11.8 Å². The Morgan fingerprint density at radius 2 is 1.96 bits per heavy atom. The zero-order valence-electron chi connectivity index (χ0n) is 14.3. The van der Waals surface area contributed by atoms with Crippen LogP contribution in [0.1, 0.15) is 25.3 Å². The number of benzene rings is 1. The van der Waals surface area contributed by atoms with Crippen molar-refractivity contribution < 1.29 is 23.9 Å². The molecule has 0 saturated carbocycles. The van der Waals surface area contributed by atoms with Gasteiger partial charge < -0.3 is 14.8 Å². The summed E-state index contributed by atoms with van der Waals surface area (Å²) < 4.78 is 10.7. The van der Waals surface area contributed by atoms with Gasteiger partial charge in [-0.1, -0.05) is 15.9 Å². The molecule has 1 N–H and O–H groups in total. The Labute approximate surface area is 160 Å². The molecule has 0 aliphatic rings. The van der Waals surface area contributed by atoms with Crippen molar-refractivity contribution in [3.05, 3.63) is 28.2 Å². The first kappa shape index (κ1) is 21.5. The number of carbonyl (C=O) groups is 3. The molecule has 0 unspecified atom stereocenters. The van der Waals surface area contributed by atoms with E-state index < -0.39 is 5.97 Å². The van der Waals surface area contributed by atoms with Gasteiger partial charge in [-0.05, 0) is 44.0 Å². The number of hydrogen-bond acceptors (Lipinski definition) is 6. The minimum Gasteiger partial charge on any atom is -0.466 e. The standard InChI is InChI=1S/C17H22BrNO5S/c1-3-23-16(21)5-4-8-19-15(20)10-24-17(22)11-25-14-7-6-13(18)9-12(14)2/h6-7,9H,3-5,8,10-11H2,1-2H3,(H,19,20). The normalized spacial score (nSPS) is 10.2. The Morgan fingerprint density at radius 3 is 2.64 bits per heavy atom. The van der Waals surface area contributed by atoms with Gasteiger partial charge in [-0.3, -0.25) is 14.4 Å². The van der Waals surface area contributed by atoms with Gasteiger partial charge in [0.25, 0.3) is 5.91 Å². The van der Waals surface area contributed by atoms with Crippen LogP contribution in [0.15, 0.2) is 27.6 Å². The quantitative estimate of drug-likeness (QED) is 0.348. The summed E-state index contributed by atoms with van der Waals surface area (Å²) in [7, 11) is 0. The molecule has 0 aromatic heterocycles. The third-order valence-electron chi connectivity index (χ3n) is 3.03. The van der Waals surface area contributed by atoms with Crippen LogP contribution < -0.4 is 5.32 Å². The van der Waals surface area contributed by atoms with Gasteiger partial charge in [0, 0.05) is 22.3 Å². The smallest absolute Gasteiger partial charge is 0.316 e. The maximum atomic E-state index is 11.7. The Bertz CT molecular complexity index is 609. The summed E-state index contributed by atoms with van der Waals surface area (Å²) in [5, 5.41) is 2.59. The van der Waals surface area contributed by atoms with E-state index in [4.69, 9.17) is 9.47 Å². The number of thioether (sulfide) groups is 1. The van der Waals surface area contributed by atoms with Crippen LogP contribution in [0.5, 0.6) is 0 Å². The minimum atomic E-state index is -0.450. The van der Waals surface area contributed by atoms with Crippen LogP contribution in [0.4, 0.5) is 0 Å². The third-order valence-corrected chi connectivity index (χ3v) is 4.67. The minimum absolute atomic E-state index is 0.138. The molecule has 1 amide bonds. The highest BCUT2D eigenvalue weighted by Crippen LogP contribution is 2.25. The highest BCUT2D eigenvalue weighted by atomic mass is 79.9. The first-order valence-electron chi connectivity index (χ1n) is 7.89. The molecule has 8 heteroatoms. The summed E-state index contributed by atoms with van der Waals surface area (Å²) in [6.45, 7) is 4.06. The van der Waals surface area contributed by atoms with Crippen molar-refractivity contribution in [3.8, 4) is 0 Å². The second-order valence-electron chi connectivity index (χ2n) is 5.12. The summed E-state index contributed by atoms with van der Waals surface area (Å²) in [4.78, 5) is 35.4.